The predicted molar refractivity (Wildman–Crippen MR) is 89.2 cm³/mol. The van der Waals surface area contributed by atoms with Crippen LogP contribution in [0.5, 0.6) is 0 Å². The molecular weight excluding hydrogens is 369 g/mol. The van der Waals surface area contributed by atoms with Crippen molar-refractivity contribution < 1.29 is 26.7 Å². The van der Waals surface area contributed by atoms with Crippen LogP contribution in [0.1, 0.15) is 27.9 Å². The SMILES string of the molecule is Cc1nn(Cc2ccc3c(c2)C[C@@H](CS(=O)(=O)C(F)(F)F)C3)cc1CO. The number of halogens is 3. The number of fused-ring (bicyclic) bond motifs is 1. The standard InChI is InChI=1S/C17H19F3N2O3S/c1-11-16(9-23)8-22(21-11)7-12-2-3-14-5-13(6-15(14)4-12)10-26(24,25)17(18,19)20/h2-4,8,13,23H,5-7,9-10H2,1H3/t13-/m0/s1. The predicted octanol–water partition coefficient (Wildman–Crippen LogP) is 2.38. The first-order valence-corrected chi connectivity index (χ1v) is 9.78. The number of aliphatic hydroxyl groups excluding tert-OH is 1. The van der Waals surface area contributed by atoms with Crippen LogP contribution in [0.2, 0.25) is 0 Å². The van der Waals surface area contributed by atoms with Crippen LogP contribution in [0.3, 0.4) is 0 Å². The second-order valence-electron chi connectivity index (χ2n) is 6.70. The number of rotatable bonds is 5. The van der Waals surface area contributed by atoms with Crippen molar-refractivity contribution in [3.05, 3.63) is 52.3 Å². The molecule has 142 valence electrons. The second-order valence-corrected chi connectivity index (χ2v) is 8.73. The molecule has 3 rings (SSSR count). The molecule has 2 aromatic rings. The maximum Gasteiger partial charge on any atom is 0.497 e. The lowest BCUT2D eigenvalue weighted by molar-refractivity contribution is -0.0438. The first-order chi connectivity index (χ1) is 12.1. The van der Waals surface area contributed by atoms with Crippen molar-refractivity contribution in [1.29, 1.82) is 0 Å². The van der Waals surface area contributed by atoms with Gasteiger partial charge >= 0.3 is 5.51 Å². The van der Waals surface area contributed by atoms with E-state index in [9.17, 15) is 26.7 Å². The van der Waals surface area contributed by atoms with Crippen molar-refractivity contribution in [3.63, 3.8) is 0 Å². The zero-order chi connectivity index (χ0) is 19.1. The van der Waals surface area contributed by atoms with Gasteiger partial charge in [0.1, 0.15) is 0 Å². The summed E-state index contributed by atoms with van der Waals surface area (Å²) in [5.74, 6) is -1.43. The van der Waals surface area contributed by atoms with Gasteiger partial charge in [-0.05, 0) is 42.4 Å². The molecule has 1 atom stereocenters. The molecule has 0 saturated carbocycles. The van der Waals surface area contributed by atoms with Crippen LogP contribution in [0.4, 0.5) is 13.2 Å². The van der Waals surface area contributed by atoms with Crippen molar-refractivity contribution in [2.24, 2.45) is 5.92 Å². The molecule has 0 unspecified atom stereocenters. The highest BCUT2D eigenvalue weighted by Crippen LogP contribution is 2.32. The molecule has 0 bridgehead atoms. The van der Waals surface area contributed by atoms with Gasteiger partial charge in [-0.15, -0.1) is 0 Å². The summed E-state index contributed by atoms with van der Waals surface area (Å²) in [6.07, 6.45) is 2.40. The lowest BCUT2D eigenvalue weighted by Gasteiger charge is -2.12. The van der Waals surface area contributed by atoms with E-state index in [1.807, 2.05) is 18.2 Å². The van der Waals surface area contributed by atoms with Crippen molar-refractivity contribution >= 4 is 9.84 Å². The van der Waals surface area contributed by atoms with Gasteiger partial charge in [0.05, 0.1) is 24.6 Å². The Kier molecular flexibility index (Phi) is 4.87. The Morgan fingerprint density at radius 2 is 1.96 bits per heavy atom. The zero-order valence-corrected chi connectivity index (χ0v) is 14.9. The molecule has 0 fully saturated rings. The minimum Gasteiger partial charge on any atom is -0.392 e. The molecule has 1 aromatic heterocycles. The molecule has 0 radical (unpaired) electrons. The Morgan fingerprint density at radius 1 is 1.27 bits per heavy atom. The minimum atomic E-state index is -5.20. The van der Waals surface area contributed by atoms with E-state index in [1.165, 1.54) is 0 Å². The summed E-state index contributed by atoms with van der Waals surface area (Å²) in [6.45, 7) is 2.18. The van der Waals surface area contributed by atoms with Crippen LogP contribution in [-0.4, -0.2) is 34.6 Å². The first-order valence-electron chi connectivity index (χ1n) is 8.12. The van der Waals surface area contributed by atoms with Gasteiger partial charge in [0, 0.05) is 11.8 Å². The summed E-state index contributed by atoms with van der Waals surface area (Å²) < 4.78 is 62.2. The monoisotopic (exact) mass is 388 g/mol. The molecule has 0 aliphatic heterocycles. The Bertz CT molecular complexity index is 920. The summed E-state index contributed by atoms with van der Waals surface area (Å²) in [5.41, 5.74) is -1.01. The van der Waals surface area contributed by atoms with E-state index in [1.54, 1.807) is 17.8 Å². The van der Waals surface area contributed by atoms with E-state index < -0.39 is 27.0 Å². The number of aromatic nitrogens is 2. The van der Waals surface area contributed by atoms with Gasteiger partial charge in [0.25, 0.3) is 0 Å². The van der Waals surface area contributed by atoms with Crippen molar-refractivity contribution in [1.82, 2.24) is 9.78 Å². The van der Waals surface area contributed by atoms with Crippen LogP contribution in [0, 0.1) is 12.8 Å². The Hall–Kier alpha value is -1.87. The fraction of sp³-hybridized carbons (Fsp3) is 0.471. The largest absolute Gasteiger partial charge is 0.497 e. The van der Waals surface area contributed by atoms with Gasteiger partial charge in [-0.2, -0.15) is 18.3 Å². The maximum absolute atomic E-state index is 12.6. The minimum absolute atomic E-state index is 0.0919. The Balaban J connectivity index is 1.72. The normalized spacial score (nSPS) is 17.5. The number of hydrogen-bond acceptors (Lipinski definition) is 4. The van der Waals surface area contributed by atoms with E-state index in [0.29, 0.717) is 19.4 Å². The maximum atomic E-state index is 12.6. The average molecular weight is 388 g/mol. The molecular formula is C17H19F3N2O3S. The molecule has 5 nitrogen and oxygen atoms in total. The summed E-state index contributed by atoms with van der Waals surface area (Å²) in [7, 11) is -5.10. The molecule has 0 amide bonds. The van der Waals surface area contributed by atoms with Gasteiger partial charge in [-0.3, -0.25) is 4.68 Å². The van der Waals surface area contributed by atoms with Crippen LogP contribution >= 0.6 is 0 Å². The lowest BCUT2D eigenvalue weighted by Crippen LogP contribution is -2.30. The highest BCUT2D eigenvalue weighted by molar-refractivity contribution is 7.92. The molecule has 1 heterocycles. The molecule has 1 N–H and O–H groups in total. The van der Waals surface area contributed by atoms with E-state index >= 15 is 0 Å². The summed E-state index contributed by atoms with van der Waals surface area (Å²) in [6, 6.07) is 5.61. The molecule has 0 spiro atoms. The van der Waals surface area contributed by atoms with Crippen LogP contribution in [0.15, 0.2) is 24.4 Å². The summed E-state index contributed by atoms with van der Waals surface area (Å²) in [4.78, 5) is 0. The van der Waals surface area contributed by atoms with E-state index in [0.717, 1.165) is 27.9 Å². The van der Waals surface area contributed by atoms with Crippen molar-refractivity contribution in [2.75, 3.05) is 5.75 Å². The van der Waals surface area contributed by atoms with Gasteiger partial charge in [-0.1, -0.05) is 18.2 Å². The highest BCUT2D eigenvalue weighted by Gasteiger charge is 2.47. The molecule has 26 heavy (non-hydrogen) atoms. The number of nitrogens with zero attached hydrogens (tertiary/aromatic N) is 2. The number of benzene rings is 1. The molecule has 1 aliphatic carbocycles. The zero-order valence-electron chi connectivity index (χ0n) is 14.1. The van der Waals surface area contributed by atoms with Crippen molar-refractivity contribution in [2.45, 2.75) is 38.4 Å². The van der Waals surface area contributed by atoms with E-state index in [-0.39, 0.29) is 6.61 Å². The number of aryl methyl sites for hydroxylation is 1. The number of aliphatic hydroxyl groups is 1. The number of sulfone groups is 1. The van der Waals surface area contributed by atoms with Crippen LogP contribution < -0.4 is 0 Å². The smallest absolute Gasteiger partial charge is 0.392 e. The molecule has 1 aliphatic rings. The van der Waals surface area contributed by atoms with E-state index in [4.69, 9.17) is 0 Å². The molecule has 0 saturated heterocycles. The highest BCUT2D eigenvalue weighted by atomic mass is 32.2. The Morgan fingerprint density at radius 3 is 2.58 bits per heavy atom. The average Bonchev–Trinajstić information content (AvgIpc) is 3.07. The topological polar surface area (TPSA) is 72.2 Å². The quantitative estimate of drug-likeness (QED) is 0.854. The van der Waals surface area contributed by atoms with Gasteiger partial charge < -0.3 is 5.11 Å². The summed E-state index contributed by atoms with van der Waals surface area (Å²) >= 11 is 0. The third-order valence-electron chi connectivity index (χ3n) is 4.66. The number of alkyl halides is 3. The summed E-state index contributed by atoms with van der Waals surface area (Å²) in [5, 5.41) is 13.5. The fourth-order valence-corrected chi connectivity index (χ4v) is 4.41. The van der Waals surface area contributed by atoms with Gasteiger partial charge in [0.15, 0.2) is 0 Å². The molecule has 9 heteroatoms. The van der Waals surface area contributed by atoms with Crippen molar-refractivity contribution in [3.8, 4) is 0 Å². The second kappa shape index (κ2) is 6.70. The molecule has 1 aromatic carbocycles. The van der Waals surface area contributed by atoms with Gasteiger partial charge in [0.2, 0.25) is 9.84 Å². The third kappa shape index (κ3) is 3.78. The fourth-order valence-electron chi connectivity index (χ4n) is 3.37. The first kappa shape index (κ1) is 18.9. The number of hydrogen-bond donors (Lipinski definition) is 1. The third-order valence-corrected chi connectivity index (χ3v) is 6.27. The Labute approximate surface area is 149 Å². The lowest BCUT2D eigenvalue weighted by atomic mass is 10.1. The van der Waals surface area contributed by atoms with Gasteiger partial charge in [-0.25, -0.2) is 8.42 Å². The van der Waals surface area contributed by atoms with Crippen LogP contribution in [-0.2, 0) is 35.8 Å². The van der Waals surface area contributed by atoms with E-state index in [2.05, 4.69) is 5.10 Å². The van der Waals surface area contributed by atoms with Crippen LogP contribution in [0.25, 0.3) is 0 Å².